The Kier molecular flexibility index (Phi) is 8.85. The van der Waals surface area contributed by atoms with Crippen LogP contribution >= 0.6 is 23.2 Å². The third-order valence-corrected chi connectivity index (χ3v) is 5.07. The van der Waals surface area contributed by atoms with Gasteiger partial charge < -0.3 is 14.5 Å². The number of amides is 4. The molecule has 2 rings (SSSR count). The van der Waals surface area contributed by atoms with Crippen LogP contribution in [0.4, 0.5) is 4.79 Å². The first-order chi connectivity index (χ1) is 13.8. The van der Waals surface area contributed by atoms with E-state index in [2.05, 4.69) is 10.9 Å². The zero-order valence-corrected chi connectivity index (χ0v) is 18.1. The predicted molar refractivity (Wildman–Crippen MR) is 111 cm³/mol. The molecule has 10 heteroatoms. The Hall–Kier alpha value is -2.19. The number of carbonyl (C=O) groups is 3. The molecule has 1 aliphatic heterocycles. The summed E-state index contributed by atoms with van der Waals surface area (Å²) in [6, 6.07) is 4.87. The maximum Gasteiger partial charge on any atom is 0.319 e. The van der Waals surface area contributed by atoms with E-state index in [-0.39, 0.29) is 30.2 Å². The number of piperidine rings is 1. The highest BCUT2D eigenvalue weighted by Gasteiger charge is 2.28. The van der Waals surface area contributed by atoms with Gasteiger partial charge in [0.2, 0.25) is 11.8 Å². The molecule has 8 nitrogen and oxygen atoms in total. The van der Waals surface area contributed by atoms with Crippen molar-refractivity contribution in [2.45, 2.75) is 25.7 Å². The molecule has 0 spiro atoms. The Labute approximate surface area is 180 Å². The van der Waals surface area contributed by atoms with Crippen molar-refractivity contribution in [1.82, 2.24) is 20.7 Å². The highest BCUT2D eigenvalue weighted by Crippen LogP contribution is 2.27. The van der Waals surface area contributed by atoms with Gasteiger partial charge in [-0.05, 0) is 37.5 Å². The number of likely N-dealkylation sites (tertiary alicyclic amines) is 1. The van der Waals surface area contributed by atoms with Gasteiger partial charge >= 0.3 is 6.03 Å². The second-order valence-corrected chi connectivity index (χ2v) is 7.85. The van der Waals surface area contributed by atoms with Gasteiger partial charge in [0.05, 0.1) is 11.6 Å². The summed E-state index contributed by atoms with van der Waals surface area (Å²) >= 11 is 11.8. The van der Waals surface area contributed by atoms with Crippen molar-refractivity contribution in [3.05, 3.63) is 28.2 Å². The first-order valence-corrected chi connectivity index (χ1v) is 10.2. The minimum Gasteiger partial charge on any atom is -0.492 e. The largest absolute Gasteiger partial charge is 0.492 e. The van der Waals surface area contributed by atoms with Crippen LogP contribution in [0.2, 0.25) is 10.0 Å². The lowest BCUT2D eigenvalue weighted by Crippen LogP contribution is -2.49. The van der Waals surface area contributed by atoms with Crippen LogP contribution in [-0.4, -0.2) is 61.4 Å². The molecule has 0 bridgehead atoms. The zero-order chi connectivity index (χ0) is 21.4. The molecule has 0 aromatic heterocycles. The van der Waals surface area contributed by atoms with Gasteiger partial charge in [-0.15, -0.1) is 0 Å². The normalized spacial score (nSPS) is 14.3. The van der Waals surface area contributed by atoms with Crippen LogP contribution < -0.4 is 15.6 Å². The Balaban J connectivity index is 1.61. The average molecular weight is 445 g/mol. The number of hydrogen-bond donors (Lipinski definition) is 2. The van der Waals surface area contributed by atoms with Gasteiger partial charge in [0.15, 0.2) is 0 Å². The molecule has 1 aliphatic rings. The summed E-state index contributed by atoms with van der Waals surface area (Å²) in [6.07, 6.45) is 1.79. The van der Waals surface area contributed by atoms with Crippen molar-refractivity contribution >= 4 is 41.0 Å². The molecule has 1 saturated heterocycles. The van der Waals surface area contributed by atoms with Crippen LogP contribution in [0.5, 0.6) is 5.75 Å². The number of benzene rings is 1. The van der Waals surface area contributed by atoms with Gasteiger partial charge in [0.25, 0.3) is 0 Å². The molecular formula is C19H26Cl2N4O4. The lowest BCUT2D eigenvalue weighted by Gasteiger charge is -2.33. The second-order valence-electron chi connectivity index (χ2n) is 7.00. The summed E-state index contributed by atoms with van der Waals surface area (Å²) in [5.41, 5.74) is 4.89. The van der Waals surface area contributed by atoms with Crippen molar-refractivity contribution in [1.29, 1.82) is 0 Å². The van der Waals surface area contributed by atoms with Crippen molar-refractivity contribution in [2.75, 3.05) is 33.8 Å². The molecule has 0 aliphatic carbocycles. The van der Waals surface area contributed by atoms with E-state index < -0.39 is 0 Å². The summed E-state index contributed by atoms with van der Waals surface area (Å²) in [5, 5.41) is 0.931. The highest BCUT2D eigenvalue weighted by molar-refractivity contribution is 6.35. The third-order valence-electron chi connectivity index (χ3n) is 4.54. The van der Waals surface area contributed by atoms with Crippen molar-refractivity contribution in [2.24, 2.45) is 5.92 Å². The van der Waals surface area contributed by atoms with Crippen LogP contribution in [0.25, 0.3) is 0 Å². The van der Waals surface area contributed by atoms with Gasteiger partial charge in [-0.1, -0.05) is 23.2 Å². The number of nitrogens with zero attached hydrogens (tertiary/aromatic N) is 2. The fourth-order valence-electron chi connectivity index (χ4n) is 2.92. The number of hydrazine groups is 1. The molecule has 1 aromatic carbocycles. The molecular weight excluding hydrogens is 419 g/mol. The van der Waals surface area contributed by atoms with Gasteiger partial charge in [0, 0.05) is 44.5 Å². The number of urea groups is 1. The summed E-state index contributed by atoms with van der Waals surface area (Å²) in [6.45, 7) is 1.35. The highest BCUT2D eigenvalue weighted by atomic mass is 35.5. The van der Waals surface area contributed by atoms with Gasteiger partial charge in [0.1, 0.15) is 5.75 Å². The van der Waals surface area contributed by atoms with Crippen molar-refractivity contribution in [3.63, 3.8) is 0 Å². The summed E-state index contributed by atoms with van der Waals surface area (Å²) < 4.78 is 5.52. The minimum atomic E-state index is -0.302. The molecule has 29 heavy (non-hydrogen) atoms. The average Bonchev–Trinajstić information content (AvgIpc) is 2.70. The zero-order valence-electron chi connectivity index (χ0n) is 16.5. The maximum atomic E-state index is 12.2. The van der Waals surface area contributed by atoms with Crippen LogP contribution in [0.1, 0.15) is 25.7 Å². The Morgan fingerprint density at radius 2 is 1.86 bits per heavy atom. The molecule has 0 radical (unpaired) electrons. The van der Waals surface area contributed by atoms with E-state index in [0.29, 0.717) is 54.8 Å². The molecule has 1 fully saturated rings. The SMILES string of the molecule is CN(C)C(=O)N1CCC(C(=O)NNC(=O)CCCOc2ccc(Cl)cc2Cl)CC1. The monoisotopic (exact) mass is 444 g/mol. The van der Waals surface area contributed by atoms with Gasteiger partial charge in [-0.25, -0.2) is 4.79 Å². The molecule has 0 saturated carbocycles. The number of hydrogen-bond acceptors (Lipinski definition) is 4. The van der Waals surface area contributed by atoms with Crippen molar-refractivity contribution in [3.8, 4) is 5.75 Å². The van der Waals surface area contributed by atoms with Gasteiger partial charge in [-0.2, -0.15) is 0 Å². The second kappa shape index (κ2) is 11.1. The van der Waals surface area contributed by atoms with E-state index in [1.165, 1.54) is 4.90 Å². The number of rotatable bonds is 6. The summed E-state index contributed by atoms with van der Waals surface area (Å²) in [7, 11) is 3.40. The first kappa shape index (κ1) is 23.1. The fourth-order valence-corrected chi connectivity index (χ4v) is 3.38. The molecule has 0 unspecified atom stereocenters. The van der Waals surface area contributed by atoms with E-state index in [1.807, 2.05) is 0 Å². The number of ether oxygens (including phenoxy) is 1. The predicted octanol–water partition coefficient (Wildman–Crippen LogP) is 2.69. The molecule has 4 amide bonds. The molecule has 0 atom stereocenters. The standard InChI is InChI=1S/C19H26Cl2N4O4/c1-24(2)19(28)25-9-7-13(8-10-25)18(27)23-22-17(26)4-3-11-29-16-6-5-14(20)12-15(16)21/h5-6,12-13H,3-4,7-11H2,1-2H3,(H,22,26)(H,23,27). The Bertz CT molecular complexity index is 737. The minimum absolute atomic E-state index is 0.0562. The summed E-state index contributed by atoms with van der Waals surface area (Å²) in [4.78, 5) is 39.2. The summed E-state index contributed by atoms with van der Waals surface area (Å²) in [5.74, 6) is -0.260. The number of nitrogens with one attached hydrogen (secondary N) is 2. The third kappa shape index (κ3) is 7.29. The molecule has 1 aromatic rings. The van der Waals surface area contributed by atoms with E-state index in [1.54, 1.807) is 37.2 Å². The molecule has 1 heterocycles. The van der Waals surface area contributed by atoms with E-state index >= 15 is 0 Å². The number of carbonyl (C=O) groups excluding carboxylic acids is 3. The van der Waals surface area contributed by atoms with Gasteiger partial charge in [-0.3, -0.25) is 20.4 Å². The fraction of sp³-hybridized carbons (Fsp3) is 0.526. The van der Waals surface area contributed by atoms with Crippen LogP contribution in [0.15, 0.2) is 18.2 Å². The van der Waals surface area contributed by atoms with Crippen LogP contribution in [-0.2, 0) is 9.59 Å². The smallest absolute Gasteiger partial charge is 0.319 e. The quantitative estimate of drug-likeness (QED) is 0.521. The van der Waals surface area contributed by atoms with E-state index in [0.717, 1.165) is 0 Å². The first-order valence-electron chi connectivity index (χ1n) is 9.40. The van der Waals surface area contributed by atoms with Crippen LogP contribution in [0.3, 0.4) is 0 Å². The Morgan fingerprint density at radius 1 is 1.17 bits per heavy atom. The van der Waals surface area contributed by atoms with Crippen LogP contribution in [0, 0.1) is 5.92 Å². The lowest BCUT2D eigenvalue weighted by molar-refractivity contribution is -0.132. The molecule has 2 N–H and O–H groups in total. The molecule has 160 valence electrons. The van der Waals surface area contributed by atoms with E-state index in [9.17, 15) is 14.4 Å². The maximum absolute atomic E-state index is 12.2. The topological polar surface area (TPSA) is 91.0 Å². The number of halogens is 2. The van der Waals surface area contributed by atoms with E-state index in [4.69, 9.17) is 27.9 Å². The lowest BCUT2D eigenvalue weighted by atomic mass is 9.96. The van der Waals surface area contributed by atoms with Crippen molar-refractivity contribution < 1.29 is 19.1 Å². The Morgan fingerprint density at radius 3 is 2.48 bits per heavy atom.